The normalized spacial score (nSPS) is 21.6. The summed E-state index contributed by atoms with van der Waals surface area (Å²) in [6.45, 7) is 10.3. The molecule has 1 aromatic rings. The molecule has 158 valence electrons. The van der Waals surface area contributed by atoms with Crippen molar-refractivity contribution in [2.45, 2.75) is 58.2 Å². The first-order valence-corrected chi connectivity index (χ1v) is 10.7. The number of amides is 1. The highest BCUT2D eigenvalue weighted by atomic mass is 16.5. The maximum absolute atomic E-state index is 11.9. The average molecular weight is 392 g/mol. The first-order valence-electron chi connectivity index (χ1n) is 10.7. The standard InChI is InChI=1S/C21H37N5O2/c1-17-19(15-24(4)22-17)14-23(3)10-11-26(20-7-12-28-13-8-20)21-6-5-9-25(16-21)18(2)27/h15,20-21H,5-14,16H2,1-4H3. The van der Waals surface area contributed by atoms with Crippen LogP contribution in [0.1, 0.15) is 43.9 Å². The number of ether oxygens (including phenoxy) is 1. The second-order valence-corrected chi connectivity index (χ2v) is 8.49. The van der Waals surface area contributed by atoms with Gasteiger partial charge in [-0.05, 0) is 39.7 Å². The summed E-state index contributed by atoms with van der Waals surface area (Å²) in [6.07, 6.45) is 6.61. The largest absolute Gasteiger partial charge is 0.381 e. The van der Waals surface area contributed by atoms with Crippen LogP contribution < -0.4 is 0 Å². The van der Waals surface area contributed by atoms with Gasteiger partial charge in [0.25, 0.3) is 0 Å². The predicted octanol–water partition coefficient (Wildman–Crippen LogP) is 1.65. The number of likely N-dealkylation sites (N-methyl/N-ethyl adjacent to an activating group) is 1. The summed E-state index contributed by atoms with van der Waals surface area (Å²) in [5, 5.41) is 4.46. The van der Waals surface area contributed by atoms with E-state index >= 15 is 0 Å². The van der Waals surface area contributed by atoms with Crippen LogP contribution in [0.5, 0.6) is 0 Å². The van der Waals surface area contributed by atoms with Crippen molar-refractivity contribution in [2.75, 3.05) is 46.4 Å². The Morgan fingerprint density at radius 1 is 1.25 bits per heavy atom. The van der Waals surface area contributed by atoms with Crippen molar-refractivity contribution in [1.29, 1.82) is 0 Å². The SMILES string of the molecule is CC(=O)N1CCCC(N(CCN(C)Cc2cn(C)nc2C)C2CCOCC2)C1. The minimum atomic E-state index is 0.209. The van der Waals surface area contributed by atoms with Crippen LogP contribution in [-0.2, 0) is 23.1 Å². The summed E-state index contributed by atoms with van der Waals surface area (Å²) in [6, 6.07) is 1.04. The molecule has 1 amide bonds. The van der Waals surface area contributed by atoms with Gasteiger partial charge in [0, 0.05) is 83.8 Å². The first kappa shape index (κ1) is 21.3. The summed E-state index contributed by atoms with van der Waals surface area (Å²) in [7, 11) is 4.17. The highest BCUT2D eigenvalue weighted by molar-refractivity contribution is 5.73. The molecule has 0 bridgehead atoms. The fraction of sp³-hybridized carbons (Fsp3) is 0.810. The van der Waals surface area contributed by atoms with Gasteiger partial charge in [-0.25, -0.2) is 0 Å². The van der Waals surface area contributed by atoms with E-state index in [9.17, 15) is 4.79 Å². The second kappa shape index (κ2) is 9.85. The van der Waals surface area contributed by atoms with E-state index in [1.165, 1.54) is 12.0 Å². The summed E-state index contributed by atoms with van der Waals surface area (Å²) < 4.78 is 7.50. The Kier molecular flexibility index (Phi) is 7.48. The van der Waals surface area contributed by atoms with Crippen molar-refractivity contribution in [3.05, 3.63) is 17.5 Å². The van der Waals surface area contributed by atoms with E-state index in [-0.39, 0.29) is 5.91 Å². The van der Waals surface area contributed by atoms with Crippen LogP contribution in [-0.4, -0.2) is 88.9 Å². The van der Waals surface area contributed by atoms with Gasteiger partial charge in [-0.15, -0.1) is 0 Å². The van der Waals surface area contributed by atoms with E-state index in [2.05, 4.69) is 35.1 Å². The Balaban J connectivity index is 1.61. The number of hydrogen-bond acceptors (Lipinski definition) is 5. The summed E-state index contributed by atoms with van der Waals surface area (Å²) in [4.78, 5) is 19.0. The molecule has 1 aromatic heterocycles. The molecule has 0 saturated carbocycles. The third-order valence-electron chi connectivity index (χ3n) is 6.27. The number of hydrogen-bond donors (Lipinski definition) is 0. The molecule has 0 aliphatic carbocycles. The van der Waals surface area contributed by atoms with E-state index < -0.39 is 0 Å². The van der Waals surface area contributed by atoms with Gasteiger partial charge in [0.2, 0.25) is 5.91 Å². The maximum atomic E-state index is 11.9. The molecule has 2 saturated heterocycles. The highest BCUT2D eigenvalue weighted by Gasteiger charge is 2.32. The fourth-order valence-electron chi connectivity index (χ4n) is 4.65. The zero-order valence-electron chi connectivity index (χ0n) is 18.1. The Hall–Kier alpha value is -1.44. The molecular weight excluding hydrogens is 354 g/mol. The molecule has 1 unspecified atom stereocenters. The molecule has 3 rings (SSSR count). The Morgan fingerprint density at radius 3 is 2.64 bits per heavy atom. The van der Waals surface area contributed by atoms with Crippen LogP contribution in [0.15, 0.2) is 6.20 Å². The van der Waals surface area contributed by atoms with Crippen molar-refractivity contribution >= 4 is 5.91 Å². The van der Waals surface area contributed by atoms with Gasteiger partial charge in [0.1, 0.15) is 0 Å². The van der Waals surface area contributed by atoms with Crippen LogP contribution in [0.2, 0.25) is 0 Å². The van der Waals surface area contributed by atoms with Gasteiger partial charge >= 0.3 is 0 Å². The second-order valence-electron chi connectivity index (χ2n) is 8.49. The zero-order chi connectivity index (χ0) is 20.1. The van der Waals surface area contributed by atoms with Crippen molar-refractivity contribution in [2.24, 2.45) is 7.05 Å². The highest BCUT2D eigenvalue weighted by Crippen LogP contribution is 2.23. The van der Waals surface area contributed by atoms with Crippen molar-refractivity contribution in [3.63, 3.8) is 0 Å². The van der Waals surface area contributed by atoms with E-state index in [4.69, 9.17) is 4.74 Å². The lowest BCUT2D eigenvalue weighted by Crippen LogP contribution is -2.55. The van der Waals surface area contributed by atoms with Gasteiger partial charge < -0.3 is 14.5 Å². The molecule has 7 heteroatoms. The molecule has 0 radical (unpaired) electrons. The van der Waals surface area contributed by atoms with Gasteiger partial charge in [-0.1, -0.05) is 0 Å². The number of likely N-dealkylation sites (tertiary alicyclic amines) is 1. The Morgan fingerprint density at radius 2 is 2.00 bits per heavy atom. The van der Waals surface area contributed by atoms with Crippen LogP contribution in [0, 0.1) is 6.92 Å². The fourth-order valence-corrected chi connectivity index (χ4v) is 4.65. The summed E-state index contributed by atoms with van der Waals surface area (Å²) in [5.74, 6) is 0.209. The average Bonchev–Trinajstić information content (AvgIpc) is 2.99. The molecule has 1 atom stereocenters. The molecule has 2 fully saturated rings. The minimum Gasteiger partial charge on any atom is -0.381 e. The molecule has 3 heterocycles. The Bertz CT molecular complexity index is 641. The number of nitrogens with zero attached hydrogens (tertiary/aromatic N) is 5. The number of carbonyl (C=O) groups excluding carboxylic acids is 1. The molecule has 0 aromatic carbocycles. The number of rotatable bonds is 7. The molecule has 0 N–H and O–H groups in total. The molecular formula is C21H37N5O2. The van der Waals surface area contributed by atoms with Crippen LogP contribution in [0.3, 0.4) is 0 Å². The van der Waals surface area contributed by atoms with Crippen LogP contribution in [0.4, 0.5) is 0 Å². The third kappa shape index (κ3) is 5.55. The predicted molar refractivity (Wildman–Crippen MR) is 110 cm³/mol. The quantitative estimate of drug-likeness (QED) is 0.707. The lowest BCUT2D eigenvalue weighted by Gasteiger charge is -2.44. The van der Waals surface area contributed by atoms with Crippen LogP contribution >= 0.6 is 0 Å². The lowest BCUT2D eigenvalue weighted by atomic mass is 9.98. The number of aryl methyl sites for hydroxylation is 2. The maximum Gasteiger partial charge on any atom is 0.219 e. The van der Waals surface area contributed by atoms with E-state index in [0.717, 1.165) is 70.9 Å². The van der Waals surface area contributed by atoms with Crippen LogP contribution in [0.25, 0.3) is 0 Å². The lowest BCUT2D eigenvalue weighted by molar-refractivity contribution is -0.131. The third-order valence-corrected chi connectivity index (χ3v) is 6.27. The summed E-state index contributed by atoms with van der Waals surface area (Å²) in [5.41, 5.74) is 2.41. The van der Waals surface area contributed by atoms with Gasteiger partial charge in [0.15, 0.2) is 0 Å². The van der Waals surface area contributed by atoms with Crippen molar-refractivity contribution < 1.29 is 9.53 Å². The zero-order valence-corrected chi connectivity index (χ0v) is 18.1. The summed E-state index contributed by atoms with van der Waals surface area (Å²) >= 11 is 0. The van der Waals surface area contributed by atoms with Gasteiger partial charge in [-0.2, -0.15) is 5.10 Å². The number of carbonyl (C=O) groups is 1. The monoisotopic (exact) mass is 391 g/mol. The van der Waals surface area contributed by atoms with Gasteiger partial charge in [-0.3, -0.25) is 14.4 Å². The topological polar surface area (TPSA) is 53.8 Å². The van der Waals surface area contributed by atoms with E-state index in [1.807, 2.05) is 16.6 Å². The van der Waals surface area contributed by atoms with Crippen molar-refractivity contribution in [1.82, 2.24) is 24.5 Å². The molecule has 7 nitrogen and oxygen atoms in total. The molecule has 2 aliphatic heterocycles. The molecule has 0 spiro atoms. The smallest absolute Gasteiger partial charge is 0.219 e. The van der Waals surface area contributed by atoms with E-state index in [1.54, 1.807) is 6.92 Å². The first-order chi connectivity index (χ1) is 13.4. The van der Waals surface area contributed by atoms with E-state index in [0.29, 0.717) is 12.1 Å². The van der Waals surface area contributed by atoms with Crippen molar-refractivity contribution in [3.8, 4) is 0 Å². The molecule has 2 aliphatic rings. The molecule has 28 heavy (non-hydrogen) atoms. The Labute approximate surface area is 169 Å². The number of aromatic nitrogens is 2. The minimum absolute atomic E-state index is 0.209. The number of piperidine rings is 1. The van der Waals surface area contributed by atoms with Gasteiger partial charge in [0.05, 0.1) is 5.69 Å².